The standard InChI is InChI=1S/C13H17N3O3/c1-9-3-2-4-11(15-9)6-14-13(19)16-7-10(8-16)5-12(17)18/h2-4,10H,5-8H2,1H3,(H,14,19)(H,17,18). The summed E-state index contributed by atoms with van der Waals surface area (Å²) in [4.78, 5) is 28.2. The summed E-state index contributed by atoms with van der Waals surface area (Å²) in [5.74, 6) is -0.727. The lowest BCUT2D eigenvalue weighted by atomic mass is 9.97. The summed E-state index contributed by atoms with van der Waals surface area (Å²) in [5.41, 5.74) is 1.73. The molecule has 2 rings (SSSR count). The molecular weight excluding hydrogens is 246 g/mol. The average Bonchev–Trinajstić information content (AvgIpc) is 2.30. The number of carboxylic acid groups (broad SMARTS) is 1. The molecule has 0 aliphatic carbocycles. The van der Waals surface area contributed by atoms with Crippen LogP contribution < -0.4 is 5.32 Å². The molecule has 6 nitrogen and oxygen atoms in total. The van der Waals surface area contributed by atoms with Gasteiger partial charge in [0.1, 0.15) is 0 Å². The van der Waals surface area contributed by atoms with Gasteiger partial charge in [0.25, 0.3) is 0 Å². The first-order valence-electron chi connectivity index (χ1n) is 6.21. The first kappa shape index (κ1) is 13.3. The number of carboxylic acids is 1. The van der Waals surface area contributed by atoms with Crippen molar-refractivity contribution in [2.75, 3.05) is 13.1 Å². The zero-order valence-electron chi connectivity index (χ0n) is 10.8. The van der Waals surface area contributed by atoms with Gasteiger partial charge in [-0.15, -0.1) is 0 Å². The van der Waals surface area contributed by atoms with Crippen LogP contribution in [0.15, 0.2) is 18.2 Å². The van der Waals surface area contributed by atoms with E-state index in [1.165, 1.54) is 0 Å². The van der Waals surface area contributed by atoms with E-state index in [1.807, 2.05) is 25.1 Å². The van der Waals surface area contributed by atoms with Crippen molar-refractivity contribution in [1.29, 1.82) is 0 Å². The Morgan fingerprint density at radius 2 is 2.21 bits per heavy atom. The maximum absolute atomic E-state index is 11.8. The summed E-state index contributed by atoms with van der Waals surface area (Å²) >= 11 is 0. The van der Waals surface area contributed by atoms with Gasteiger partial charge in [-0.3, -0.25) is 9.78 Å². The number of aromatic nitrogens is 1. The van der Waals surface area contributed by atoms with Crippen LogP contribution in [0.4, 0.5) is 4.79 Å². The second-order valence-electron chi connectivity index (χ2n) is 4.80. The van der Waals surface area contributed by atoms with Crippen LogP contribution in [-0.2, 0) is 11.3 Å². The van der Waals surface area contributed by atoms with E-state index in [9.17, 15) is 9.59 Å². The van der Waals surface area contributed by atoms with E-state index in [1.54, 1.807) is 4.90 Å². The molecule has 102 valence electrons. The fourth-order valence-electron chi connectivity index (χ4n) is 2.09. The van der Waals surface area contributed by atoms with E-state index in [4.69, 9.17) is 5.11 Å². The lowest BCUT2D eigenvalue weighted by Crippen LogP contribution is -2.54. The van der Waals surface area contributed by atoms with Crippen LogP contribution in [0.25, 0.3) is 0 Å². The second-order valence-corrected chi connectivity index (χ2v) is 4.80. The molecule has 0 spiro atoms. The number of hydrogen-bond donors (Lipinski definition) is 2. The zero-order valence-corrected chi connectivity index (χ0v) is 10.8. The highest BCUT2D eigenvalue weighted by Crippen LogP contribution is 2.18. The molecule has 0 saturated carbocycles. The van der Waals surface area contributed by atoms with Crippen LogP contribution in [0.1, 0.15) is 17.8 Å². The van der Waals surface area contributed by atoms with Gasteiger partial charge in [0.15, 0.2) is 0 Å². The molecule has 0 aromatic carbocycles. The van der Waals surface area contributed by atoms with E-state index in [-0.39, 0.29) is 18.4 Å². The van der Waals surface area contributed by atoms with Gasteiger partial charge in [-0.05, 0) is 19.1 Å². The number of pyridine rings is 1. The number of likely N-dealkylation sites (tertiary alicyclic amines) is 1. The highest BCUT2D eigenvalue weighted by molar-refractivity contribution is 5.75. The maximum atomic E-state index is 11.8. The molecule has 0 atom stereocenters. The third-order valence-electron chi connectivity index (χ3n) is 3.07. The Balaban J connectivity index is 1.73. The number of aryl methyl sites for hydroxylation is 1. The number of carbonyl (C=O) groups is 2. The van der Waals surface area contributed by atoms with Crippen LogP contribution in [-0.4, -0.2) is 40.1 Å². The molecule has 1 aromatic rings. The zero-order chi connectivity index (χ0) is 13.8. The molecular formula is C13H17N3O3. The van der Waals surface area contributed by atoms with Crippen molar-refractivity contribution in [2.45, 2.75) is 19.9 Å². The molecule has 19 heavy (non-hydrogen) atoms. The van der Waals surface area contributed by atoms with Gasteiger partial charge in [-0.2, -0.15) is 0 Å². The van der Waals surface area contributed by atoms with Crippen molar-refractivity contribution in [2.24, 2.45) is 5.92 Å². The number of carbonyl (C=O) groups excluding carboxylic acids is 1. The average molecular weight is 263 g/mol. The molecule has 2 amide bonds. The molecule has 6 heteroatoms. The number of rotatable bonds is 4. The largest absolute Gasteiger partial charge is 0.481 e. The van der Waals surface area contributed by atoms with Crippen LogP contribution in [0.5, 0.6) is 0 Å². The van der Waals surface area contributed by atoms with Gasteiger partial charge in [-0.25, -0.2) is 4.79 Å². The van der Waals surface area contributed by atoms with Crippen LogP contribution in [0, 0.1) is 12.8 Å². The second kappa shape index (κ2) is 5.69. The number of nitrogens with zero attached hydrogens (tertiary/aromatic N) is 2. The Kier molecular flexibility index (Phi) is 3.99. The molecule has 1 aliphatic heterocycles. The van der Waals surface area contributed by atoms with E-state index in [2.05, 4.69) is 10.3 Å². The Bertz CT molecular complexity index is 484. The molecule has 0 unspecified atom stereocenters. The van der Waals surface area contributed by atoms with E-state index in [0.29, 0.717) is 19.6 Å². The van der Waals surface area contributed by atoms with Gasteiger partial charge < -0.3 is 15.3 Å². The molecule has 2 heterocycles. The summed E-state index contributed by atoms with van der Waals surface area (Å²) in [6.07, 6.45) is 0.128. The Morgan fingerprint density at radius 1 is 1.47 bits per heavy atom. The van der Waals surface area contributed by atoms with Crippen LogP contribution >= 0.6 is 0 Å². The van der Waals surface area contributed by atoms with Gasteiger partial charge in [-0.1, -0.05) is 6.07 Å². The van der Waals surface area contributed by atoms with E-state index in [0.717, 1.165) is 11.4 Å². The lowest BCUT2D eigenvalue weighted by molar-refractivity contribution is -0.139. The molecule has 2 N–H and O–H groups in total. The van der Waals surface area contributed by atoms with Gasteiger partial charge >= 0.3 is 12.0 Å². The minimum absolute atomic E-state index is 0.0837. The van der Waals surface area contributed by atoms with Crippen molar-refractivity contribution in [3.8, 4) is 0 Å². The summed E-state index contributed by atoms with van der Waals surface area (Å²) in [6.45, 7) is 3.32. The predicted molar refractivity (Wildman–Crippen MR) is 68.5 cm³/mol. The first-order valence-corrected chi connectivity index (χ1v) is 6.21. The fraction of sp³-hybridized carbons (Fsp3) is 0.462. The number of aliphatic carboxylic acids is 1. The van der Waals surface area contributed by atoms with Gasteiger partial charge in [0.2, 0.25) is 0 Å². The Morgan fingerprint density at radius 3 is 2.84 bits per heavy atom. The maximum Gasteiger partial charge on any atom is 0.317 e. The summed E-state index contributed by atoms with van der Waals surface area (Å²) < 4.78 is 0. The van der Waals surface area contributed by atoms with E-state index < -0.39 is 5.97 Å². The van der Waals surface area contributed by atoms with Crippen molar-refractivity contribution >= 4 is 12.0 Å². The fourth-order valence-corrected chi connectivity index (χ4v) is 2.09. The normalized spacial score (nSPS) is 14.9. The van der Waals surface area contributed by atoms with Gasteiger partial charge in [0.05, 0.1) is 18.7 Å². The quantitative estimate of drug-likeness (QED) is 0.849. The van der Waals surface area contributed by atoms with Gasteiger partial charge in [0, 0.05) is 24.7 Å². The summed E-state index contributed by atoms with van der Waals surface area (Å²) in [7, 11) is 0. The summed E-state index contributed by atoms with van der Waals surface area (Å²) in [6, 6.07) is 5.49. The Labute approximate surface area is 111 Å². The summed E-state index contributed by atoms with van der Waals surface area (Å²) in [5, 5.41) is 11.4. The van der Waals surface area contributed by atoms with Crippen molar-refractivity contribution < 1.29 is 14.7 Å². The number of nitrogens with one attached hydrogen (secondary N) is 1. The minimum Gasteiger partial charge on any atom is -0.481 e. The monoisotopic (exact) mass is 263 g/mol. The number of urea groups is 1. The highest BCUT2D eigenvalue weighted by atomic mass is 16.4. The topological polar surface area (TPSA) is 82.5 Å². The first-order chi connectivity index (χ1) is 9.04. The Hall–Kier alpha value is -2.11. The van der Waals surface area contributed by atoms with E-state index >= 15 is 0 Å². The minimum atomic E-state index is -0.811. The molecule has 1 aliphatic rings. The smallest absolute Gasteiger partial charge is 0.317 e. The van der Waals surface area contributed by atoms with Crippen LogP contribution in [0.2, 0.25) is 0 Å². The van der Waals surface area contributed by atoms with Crippen molar-refractivity contribution in [3.63, 3.8) is 0 Å². The van der Waals surface area contributed by atoms with Crippen molar-refractivity contribution in [1.82, 2.24) is 15.2 Å². The molecule has 1 fully saturated rings. The third kappa shape index (κ3) is 3.67. The molecule has 0 bridgehead atoms. The van der Waals surface area contributed by atoms with Crippen LogP contribution in [0.3, 0.4) is 0 Å². The van der Waals surface area contributed by atoms with Crippen molar-refractivity contribution in [3.05, 3.63) is 29.6 Å². The number of hydrogen-bond acceptors (Lipinski definition) is 3. The highest BCUT2D eigenvalue weighted by Gasteiger charge is 2.31. The third-order valence-corrected chi connectivity index (χ3v) is 3.07. The number of amides is 2. The molecule has 1 saturated heterocycles. The lowest BCUT2D eigenvalue weighted by Gasteiger charge is -2.38. The SMILES string of the molecule is Cc1cccc(CNC(=O)N2CC(CC(=O)O)C2)n1. The molecule has 1 aromatic heterocycles. The predicted octanol–water partition coefficient (Wildman–Crippen LogP) is 1.01. The molecule has 0 radical (unpaired) electrons.